The molecule has 1 N–H and O–H groups in total. The fraction of sp³-hybridized carbons (Fsp3) is 0.250. The number of rotatable bonds is 5. The molecular weight excluding hydrogens is 331 g/mol. The quantitative estimate of drug-likeness (QED) is 0.824. The molecule has 130 valence electrons. The molecule has 0 bridgehead atoms. The number of nitrogens with one attached hydrogen (secondary N) is 1. The zero-order valence-electron chi connectivity index (χ0n) is 13.3. The molecule has 2 amide bonds. The Hall–Kier alpha value is -3.23. The van der Waals surface area contributed by atoms with Crippen LogP contribution >= 0.6 is 0 Å². The van der Waals surface area contributed by atoms with Crippen molar-refractivity contribution in [2.75, 3.05) is 18.0 Å². The Balaban J connectivity index is 1.77. The number of aldehydes is 1. The summed E-state index contributed by atoms with van der Waals surface area (Å²) in [5.41, 5.74) is 0.672. The topological polar surface area (TPSA) is 93.5 Å². The van der Waals surface area contributed by atoms with Gasteiger partial charge >= 0.3 is 6.09 Å². The minimum atomic E-state index is -0.607. The van der Waals surface area contributed by atoms with Crippen LogP contribution in [0.2, 0.25) is 0 Å². The number of cyclic esters (lactones) is 1. The third kappa shape index (κ3) is 3.49. The lowest BCUT2D eigenvalue weighted by atomic mass is 10.2. The fourth-order valence-corrected chi connectivity index (χ4v) is 2.48. The van der Waals surface area contributed by atoms with Gasteiger partial charge in [-0.15, -0.1) is 0 Å². The summed E-state index contributed by atoms with van der Waals surface area (Å²) in [7, 11) is 0. The number of hydrogen-bond acceptors (Lipinski definition) is 5. The second kappa shape index (κ2) is 6.71. The van der Waals surface area contributed by atoms with Crippen molar-refractivity contribution < 1.29 is 23.5 Å². The summed E-state index contributed by atoms with van der Waals surface area (Å²) in [6.45, 7) is 1.77. The molecule has 0 radical (unpaired) electrons. The van der Waals surface area contributed by atoms with E-state index in [1.54, 1.807) is 6.07 Å². The Bertz CT molecular complexity index is 835. The molecule has 3 rings (SSSR count). The lowest BCUT2D eigenvalue weighted by molar-refractivity contribution is -0.119. The Morgan fingerprint density at radius 3 is 2.92 bits per heavy atom. The largest absolute Gasteiger partial charge is 0.442 e. The highest BCUT2D eigenvalue weighted by molar-refractivity contribution is 5.90. The van der Waals surface area contributed by atoms with Crippen LogP contribution in [0.25, 0.3) is 5.69 Å². The number of carbonyl (C=O) groups is 3. The fourth-order valence-electron chi connectivity index (χ4n) is 2.48. The maximum Gasteiger partial charge on any atom is 0.414 e. The van der Waals surface area contributed by atoms with Crippen LogP contribution in [0.1, 0.15) is 17.4 Å². The van der Waals surface area contributed by atoms with Gasteiger partial charge in [-0.25, -0.2) is 13.9 Å². The van der Waals surface area contributed by atoms with Crippen molar-refractivity contribution in [1.29, 1.82) is 0 Å². The third-order valence-corrected chi connectivity index (χ3v) is 3.67. The van der Waals surface area contributed by atoms with Gasteiger partial charge < -0.3 is 10.1 Å². The average Bonchev–Trinajstić information content (AvgIpc) is 3.19. The highest BCUT2D eigenvalue weighted by Gasteiger charge is 2.32. The van der Waals surface area contributed by atoms with Crippen molar-refractivity contribution in [3.63, 3.8) is 0 Å². The second-order valence-electron chi connectivity index (χ2n) is 5.49. The van der Waals surface area contributed by atoms with Gasteiger partial charge in [-0.3, -0.25) is 14.5 Å². The van der Waals surface area contributed by atoms with E-state index in [9.17, 15) is 18.8 Å². The Morgan fingerprint density at radius 2 is 2.28 bits per heavy atom. The lowest BCUT2D eigenvalue weighted by Crippen LogP contribution is -2.33. The summed E-state index contributed by atoms with van der Waals surface area (Å²) in [6.07, 6.45) is 0.929. The van der Waals surface area contributed by atoms with Gasteiger partial charge in [-0.05, 0) is 24.3 Å². The van der Waals surface area contributed by atoms with Gasteiger partial charge in [0.1, 0.15) is 17.5 Å². The van der Waals surface area contributed by atoms with Gasteiger partial charge in [0.2, 0.25) is 5.91 Å². The number of amides is 2. The first-order chi connectivity index (χ1) is 12.0. The van der Waals surface area contributed by atoms with Gasteiger partial charge in [0, 0.05) is 13.1 Å². The van der Waals surface area contributed by atoms with Gasteiger partial charge in [0.15, 0.2) is 12.1 Å². The van der Waals surface area contributed by atoms with E-state index < -0.39 is 18.0 Å². The summed E-state index contributed by atoms with van der Waals surface area (Å²) in [6, 6.07) is 5.67. The predicted molar refractivity (Wildman–Crippen MR) is 85.2 cm³/mol. The SMILES string of the molecule is CC(=O)NCC1CN(c2ccc(-n3ccc(C=O)n3)c(F)c2)C(=O)O1. The van der Waals surface area contributed by atoms with E-state index >= 15 is 0 Å². The van der Waals surface area contributed by atoms with Gasteiger partial charge in [-0.1, -0.05) is 0 Å². The summed E-state index contributed by atoms with van der Waals surface area (Å²) < 4.78 is 20.8. The van der Waals surface area contributed by atoms with E-state index in [2.05, 4.69) is 10.4 Å². The van der Waals surface area contributed by atoms with Crippen LogP contribution in [0.3, 0.4) is 0 Å². The van der Waals surface area contributed by atoms with Crippen LogP contribution in [0, 0.1) is 5.82 Å². The standard InChI is InChI=1S/C16H15FN4O4/c1-10(23)18-7-13-8-20(16(24)25-13)12-2-3-15(14(17)6-12)21-5-4-11(9-22)19-21/h2-6,9,13H,7-8H2,1H3,(H,18,23). The molecule has 0 aliphatic carbocycles. The molecule has 8 nitrogen and oxygen atoms in total. The second-order valence-corrected chi connectivity index (χ2v) is 5.49. The summed E-state index contributed by atoms with van der Waals surface area (Å²) in [5, 5.41) is 6.49. The smallest absolute Gasteiger partial charge is 0.414 e. The molecule has 1 saturated heterocycles. The first-order valence-corrected chi connectivity index (χ1v) is 7.51. The molecule has 1 aromatic heterocycles. The van der Waals surface area contributed by atoms with Crippen LogP contribution < -0.4 is 10.2 Å². The number of halogens is 1. The maximum atomic E-state index is 14.4. The number of benzene rings is 1. The molecule has 1 aliphatic heterocycles. The highest BCUT2D eigenvalue weighted by Crippen LogP contribution is 2.25. The van der Waals surface area contributed by atoms with Crippen LogP contribution in [-0.2, 0) is 9.53 Å². The van der Waals surface area contributed by atoms with E-state index in [-0.39, 0.29) is 30.4 Å². The number of carbonyl (C=O) groups excluding carboxylic acids is 3. The lowest BCUT2D eigenvalue weighted by Gasteiger charge is -2.14. The van der Waals surface area contributed by atoms with Crippen LogP contribution in [0.15, 0.2) is 30.5 Å². The minimum absolute atomic E-state index is 0.152. The Kier molecular flexibility index (Phi) is 4.46. The summed E-state index contributed by atoms with van der Waals surface area (Å²) in [4.78, 5) is 34.8. The van der Waals surface area contributed by atoms with E-state index in [0.717, 1.165) is 0 Å². The minimum Gasteiger partial charge on any atom is -0.442 e. The van der Waals surface area contributed by atoms with Crippen molar-refractivity contribution in [3.8, 4) is 5.69 Å². The van der Waals surface area contributed by atoms with Crippen LogP contribution in [0.4, 0.5) is 14.9 Å². The number of hydrogen-bond donors (Lipinski definition) is 1. The molecule has 1 aliphatic rings. The number of aromatic nitrogens is 2. The molecule has 9 heteroatoms. The van der Waals surface area contributed by atoms with Gasteiger partial charge in [0.25, 0.3) is 0 Å². The zero-order valence-corrected chi connectivity index (χ0v) is 13.3. The number of ether oxygens (including phenoxy) is 1. The zero-order chi connectivity index (χ0) is 18.0. The number of nitrogens with zero attached hydrogens (tertiary/aromatic N) is 3. The van der Waals surface area contributed by atoms with E-state index in [4.69, 9.17) is 4.74 Å². The van der Waals surface area contributed by atoms with Crippen molar-refractivity contribution in [3.05, 3.63) is 42.0 Å². The number of anilines is 1. The van der Waals surface area contributed by atoms with Gasteiger partial charge in [-0.2, -0.15) is 5.10 Å². The third-order valence-electron chi connectivity index (χ3n) is 3.67. The van der Waals surface area contributed by atoms with Gasteiger partial charge in [0.05, 0.1) is 18.8 Å². The normalized spacial score (nSPS) is 16.6. The van der Waals surface area contributed by atoms with Crippen molar-refractivity contribution in [2.45, 2.75) is 13.0 Å². The molecule has 1 fully saturated rings. The highest BCUT2D eigenvalue weighted by atomic mass is 19.1. The molecule has 25 heavy (non-hydrogen) atoms. The Labute approximate surface area is 142 Å². The predicted octanol–water partition coefficient (Wildman–Crippen LogP) is 1.29. The van der Waals surface area contributed by atoms with Crippen molar-refractivity contribution >= 4 is 24.0 Å². The monoisotopic (exact) mass is 346 g/mol. The van der Waals surface area contributed by atoms with E-state index in [1.165, 1.54) is 40.9 Å². The van der Waals surface area contributed by atoms with E-state index in [1.807, 2.05) is 0 Å². The van der Waals surface area contributed by atoms with E-state index in [0.29, 0.717) is 12.0 Å². The van der Waals surface area contributed by atoms with Crippen molar-refractivity contribution in [1.82, 2.24) is 15.1 Å². The van der Waals surface area contributed by atoms with Crippen molar-refractivity contribution in [2.24, 2.45) is 0 Å². The molecule has 2 heterocycles. The summed E-state index contributed by atoms with van der Waals surface area (Å²) in [5.74, 6) is -0.824. The molecule has 0 spiro atoms. The summed E-state index contributed by atoms with van der Waals surface area (Å²) >= 11 is 0. The molecule has 1 unspecified atom stereocenters. The Morgan fingerprint density at radius 1 is 1.48 bits per heavy atom. The first kappa shape index (κ1) is 16.6. The molecule has 0 saturated carbocycles. The molecule has 1 aromatic carbocycles. The van der Waals surface area contributed by atoms with Crippen LogP contribution in [0.5, 0.6) is 0 Å². The average molecular weight is 346 g/mol. The first-order valence-electron chi connectivity index (χ1n) is 7.51. The molecular formula is C16H15FN4O4. The van der Waals surface area contributed by atoms with Crippen LogP contribution in [-0.4, -0.2) is 47.3 Å². The maximum absolute atomic E-state index is 14.4. The molecule has 2 aromatic rings. The molecule has 1 atom stereocenters.